The van der Waals surface area contributed by atoms with Crippen molar-refractivity contribution in [3.05, 3.63) is 69.1 Å². The van der Waals surface area contributed by atoms with E-state index in [1.165, 1.54) is 10.8 Å². The van der Waals surface area contributed by atoms with Gasteiger partial charge in [0.2, 0.25) is 0 Å². The van der Waals surface area contributed by atoms with E-state index < -0.39 is 0 Å². The maximum Gasteiger partial charge on any atom is 0.138 e. The summed E-state index contributed by atoms with van der Waals surface area (Å²) in [6.45, 7) is 4.76. The van der Waals surface area contributed by atoms with E-state index in [2.05, 4.69) is 85.7 Å². The van der Waals surface area contributed by atoms with Crippen LogP contribution in [-0.4, -0.2) is 6.10 Å². The lowest BCUT2D eigenvalue weighted by molar-refractivity contribution is 0.238. The Balaban J connectivity index is 1.91. The van der Waals surface area contributed by atoms with Crippen LogP contribution in [-0.2, 0) is 6.54 Å². The zero-order chi connectivity index (χ0) is 17.1. The van der Waals surface area contributed by atoms with Crippen LogP contribution in [0.4, 0.5) is 5.69 Å². The molecule has 0 bridgehead atoms. The lowest BCUT2D eigenvalue weighted by Crippen LogP contribution is -2.10. The van der Waals surface area contributed by atoms with Crippen LogP contribution in [0.25, 0.3) is 10.8 Å². The second kappa shape index (κ2) is 7.58. The molecule has 0 spiro atoms. The van der Waals surface area contributed by atoms with E-state index in [4.69, 9.17) is 4.74 Å². The van der Waals surface area contributed by atoms with Gasteiger partial charge >= 0.3 is 0 Å². The lowest BCUT2D eigenvalue weighted by Gasteiger charge is -2.18. The first-order valence-corrected chi connectivity index (χ1v) is 9.49. The van der Waals surface area contributed by atoms with Crippen LogP contribution in [0.1, 0.15) is 19.4 Å². The minimum Gasteiger partial charge on any atom is -0.489 e. The molecule has 0 heterocycles. The molecule has 0 saturated heterocycles. The van der Waals surface area contributed by atoms with Gasteiger partial charge in [-0.2, -0.15) is 0 Å². The molecule has 4 heteroatoms. The third-order valence-corrected chi connectivity index (χ3v) is 4.74. The Morgan fingerprint density at radius 1 is 1.00 bits per heavy atom. The summed E-state index contributed by atoms with van der Waals surface area (Å²) in [5.41, 5.74) is 2.23. The highest BCUT2D eigenvalue weighted by Crippen LogP contribution is 2.34. The van der Waals surface area contributed by atoms with Crippen molar-refractivity contribution in [3.8, 4) is 5.75 Å². The monoisotopic (exact) mass is 447 g/mol. The highest BCUT2D eigenvalue weighted by atomic mass is 79.9. The summed E-state index contributed by atoms with van der Waals surface area (Å²) in [6.07, 6.45) is 0.124. The van der Waals surface area contributed by atoms with Gasteiger partial charge in [0, 0.05) is 27.7 Å². The molecule has 0 aromatic heterocycles. The number of nitrogens with one attached hydrogen (secondary N) is 1. The molecule has 2 nitrogen and oxygen atoms in total. The molecule has 0 aliphatic carbocycles. The van der Waals surface area contributed by atoms with Crippen LogP contribution in [0.5, 0.6) is 5.75 Å². The molecule has 0 atom stereocenters. The molecular formula is C20H19Br2NO. The number of halogens is 2. The summed E-state index contributed by atoms with van der Waals surface area (Å²) < 4.78 is 7.99. The Labute approximate surface area is 159 Å². The van der Waals surface area contributed by atoms with Crippen LogP contribution in [0.2, 0.25) is 0 Å². The van der Waals surface area contributed by atoms with Crippen molar-refractivity contribution in [1.29, 1.82) is 0 Å². The predicted molar refractivity (Wildman–Crippen MR) is 109 cm³/mol. The second-order valence-corrected chi connectivity index (χ2v) is 7.69. The van der Waals surface area contributed by atoms with Crippen molar-refractivity contribution in [2.24, 2.45) is 0 Å². The molecule has 3 aromatic carbocycles. The van der Waals surface area contributed by atoms with Gasteiger partial charge in [-0.15, -0.1) is 0 Å². The van der Waals surface area contributed by atoms with Crippen molar-refractivity contribution in [2.75, 3.05) is 5.32 Å². The van der Waals surface area contributed by atoms with Crippen molar-refractivity contribution in [2.45, 2.75) is 26.5 Å². The minimum atomic E-state index is 0.124. The maximum atomic E-state index is 6.00. The highest BCUT2D eigenvalue weighted by Gasteiger charge is 2.12. The maximum absolute atomic E-state index is 6.00. The summed E-state index contributed by atoms with van der Waals surface area (Å²) in [7, 11) is 0. The van der Waals surface area contributed by atoms with Gasteiger partial charge in [0.05, 0.1) is 10.6 Å². The molecule has 3 aromatic rings. The SMILES string of the molecule is CC(C)Oc1c(Br)cc(Br)cc1CNc1cccc2ccccc12. The third-order valence-electron chi connectivity index (χ3n) is 3.70. The third kappa shape index (κ3) is 3.93. The number of hydrogen-bond acceptors (Lipinski definition) is 2. The molecule has 0 fully saturated rings. The molecule has 0 unspecified atom stereocenters. The minimum absolute atomic E-state index is 0.124. The Morgan fingerprint density at radius 3 is 2.54 bits per heavy atom. The van der Waals surface area contributed by atoms with Gasteiger partial charge in [-0.3, -0.25) is 0 Å². The van der Waals surface area contributed by atoms with Crippen LogP contribution in [0.15, 0.2) is 63.5 Å². The number of anilines is 1. The largest absolute Gasteiger partial charge is 0.489 e. The number of rotatable bonds is 5. The van der Waals surface area contributed by atoms with Gasteiger partial charge in [-0.1, -0.05) is 52.3 Å². The second-order valence-electron chi connectivity index (χ2n) is 5.92. The van der Waals surface area contributed by atoms with Crippen LogP contribution in [0, 0.1) is 0 Å². The van der Waals surface area contributed by atoms with Crippen molar-refractivity contribution >= 4 is 48.3 Å². The summed E-state index contributed by atoms with van der Waals surface area (Å²) in [5.74, 6) is 0.890. The van der Waals surface area contributed by atoms with Gasteiger partial charge in [0.1, 0.15) is 5.75 Å². The fraction of sp³-hybridized carbons (Fsp3) is 0.200. The first-order valence-electron chi connectivity index (χ1n) is 7.91. The molecule has 0 amide bonds. The zero-order valence-corrected chi connectivity index (χ0v) is 16.8. The van der Waals surface area contributed by atoms with Gasteiger partial charge in [-0.05, 0) is 53.4 Å². The standard InChI is InChI=1S/C20H19Br2NO/c1-13(2)24-20-15(10-16(21)11-18(20)22)12-23-19-9-5-7-14-6-3-4-8-17(14)19/h3-11,13,23H,12H2,1-2H3. The first-order chi connectivity index (χ1) is 11.5. The van der Waals surface area contributed by atoms with Gasteiger partial charge in [0.15, 0.2) is 0 Å². The van der Waals surface area contributed by atoms with E-state index in [1.807, 2.05) is 19.9 Å². The Bertz CT molecular complexity index is 856. The van der Waals surface area contributed by atoms with Gasteiger partial charge < -0.3 is 10.1 Å². The zero-order valence-electron chi connectivity index (χ0n) is 13.6. The lowest BCUT2D eigenvalue weighted by atomic mass is 10.1. The number of benzene rings is 3. The number of fused-ring (bicyclic) bond motifs is 1. The quantitative estimate of drug-likeness (QED) is 0.465. The predicted octanol–water partition coefficient (Wildman–Crippen LogP) is 6.76. The van der Waals surface area contributed by atoms with E-state index >= 15 is 0 Å². The summed E-state index contributed by atoms with van der Waals surface area (Å²) in [5, 5.41) is 6.01. The molecule has 0 radical (unpaired) electrons. The van der Waals surface area contributed by atoms with E-state index in [9.17, 15) is 0 Å². The molecule has 0 aliphatic heterocycles. The summed E-state index contributed by atoms with van der Waals surface area (Å²) in [6, 6.07) is 18.8. The normalized spacial score (nSPS) is 11.0. The summed E-state index contributed by atoms with van der Waals surface area (Å²) in [4.78, 5) is 0. The van der Waals surface area contributed by atoms with E-state index in [1.54, 1.807) is 0 Å². The Hall–Kier alpha value is -1.52. The van der Waals surface area contributed by atoms with E-state index in [0.717, 1.165) is 25.9 Å². The van der Waals surface area contributed by atoms with Crippen molar-refractivity contribution in [1.82, 2.24) is 0 Å². The number of ether oxygens (including phenoxy) is 1. The smallest absolute Gasteiger partial charge is 0.138 e. The molecule has 3 rings (SSSR count). The van der Waals surface area contributed by atoms with Gasteiger partial charge in [0.25, 0.3) is 0 Å². The first kappa shape index (κ1) is 17.3. The Morgan fingerprint density at radius 2 is 1.75 bits per heavy atom. The molecular weight excluding hydrogens is 430 g/mol. The fourth-order valence-electron chi connectivity index (χ4n) is 2.68. The van der Waals surface area contributed by atoms with Crippen molar-refractivity contribution in [3.63, 3.8) is 0 Å². The van der Waals surface area contributed by atoms with Crippen LogP contribution >= 0.6 is 31.9 Å². The average molecular weight is 449 g/mol. The van der Waals surface area contributed by atoms with E-state index in [0.29, 0.717) is 6.54 Å². The number of hydrogen-bond donors (Lipinski definition) is 1. The summed E-state index contributed by atoms with van der Waals surface area (Å²) >= 11 is 7.18. The molecule has 0 aliphatic rings. The molecule has 1 N–H and O–H groups in total. The Kier molecular flexibility index (Phi) is 5.47. The van der Waals surface area contributed by atoms with Crippen LogP contribution < -0.4 is 10.1 Å². The fourth-order valence-corrected chi connectivity index (χ4v) is 4.09. The van der Waals surface area contributed by atoms with E-state index in [-0.39, 0.29) is 6.10 Å². The average Bonchev–Trinajstić information content (AvgIpc) is 2.55. The molecule has 0 saturated carbocycles. The highest BCUT2D eigenvalue weighted by molar-refractivity contribution is 9.11. The van der Waals surface area contributed by atoms with Crippen LogP contribution in [0.3, 0.4) is 0 Å². The van der Waals surface area contributed by atoms with Gasteiger partial charge in [-0.25, -0.2) is 0 Å². The van der Waals surface area contributed by atoms with Crippen molar-refractivity contribution < 1.29 is 4.74 Å². The molecule has 24 heavy (non-hydrogen) atoms. The topological polar surface area (TPSA) is 21.3 Å². The molecule has 124 valence electrons.